The zero-order chi connectivity index (χ0) is 16.8. The van der Waals surface area contributed by atoms with Gasteiger partial charge >= 0.3 is 0 Å². The van der Waals surface area contributed by atoms with Crippen molar-refractivity contribution in [3.63, 3.8) is 0 Å². The maximum atomic E-state index is 11.7. The quantitative estimate of drug-likeness (QED) is 0.621. The van der Waals surface area contributed by atoms with Crippen molar-refractivity contribution in [3.05, 3.63) is 57.6 Å². The van der Waals surface area contributed by atoms with E-state index in [9.17, 15) is 9.90 Å². The lowest BCUT2D eigenvalue weighted by Gasteiger charge is -2.11. The molecule has 0 saturated heterocycles. The number of rotatable bonds is 5. The maximum Gasteiger partial charge on any atom is 0.277 e. The van der Waals surface area contributed by atoms with Gasteiger partial charge in [-0.2, -0.15) is 5.10 Å². The monoisotopic (exact) mass is 376 g/mol. The van der Waals surface area contributed by atoms with Crippen molar-refractivity contribution >= 4 is 28.1 Å². The maximum absolute atomic E-state index is 11.7. The van der Waals surface area contributed by atoms with Crippen LogP contribution < -0.4 is 10.2 Å². The number of ether oxygens (including phenoxy) is 1. The highest BCUT2D eigenvalue weighted by Gasteiger charge is 2.08. The lowest BCUT2D eigenvalue weighted by Crippen LogP contribution is -2.24. The molecule has 2 N–H and O–H groups in total. The molecule has 0 heterocycles. The lowest BCUT2D eigenvalue weighted by atomic mass is 10.1. The minimum Gasteiger partial charge on any atom is -0.508 e. The van der Waals surface area contributed by atoms with Gasteiger partial charge in [0, 0.05) is 0 Å². The molecule has 5 nitrogen and oxygen atoms in total. The molecule has 2 rings (SSSR count). The highest BCUT2D eigenvalue weighted by Crippen LogP contribution is 2.30. The Morgan fingerprint density at radius 1 is 1.35 bits per heavy atom. The predicted molar refractivity (Wildman–Crippen MR) is 93.0 cm³/mol. The molecule has 0 aliphatic heterocycles. The van der Waals surface area contributed by atoms with Gasteiger partial charge in [-0.25, -0.2) is 5.43 Å². The number of phenolic OH excluding ortho intramolecular Hbond substituents is 1. The first-order valence-electron chi connectivity index (χ1n) is 6.96. The van der Waals surface area contributed by atoms with Gasteiger partial charge in [0.15, 0.2) is 6.61 Å². The van der Waals surface area contributed by atoms with Crippen LogP contribution in [0.25, 0.3) is 0 Å². The van der Waals surface area contributed by atoms with Crippen molar-refractivity contribution in [2.75, 3.05) is 6.61 Å². The van der Waals surface area contributed by atoms with Crippen molar-refractivity contribution in [3.8, 4) is 11.5 Å². The summed E-state index contributed by atoms with van der Waals surface area (Å²) in [5.41, 5.74) is 5.13. The molecule has 0 unspecified atom stereocenters. The van der Waals surface area contributed by atoms with Crippen LogP contribution in [-0.2, 0) is 4.79 Å². The van der Waals surface area contributed by atoms with Crippen LogP contribution in [0.1, 0.15) is 16.7 Å². The summed E-state index contributed by atoms with van der Waals surface area (Å²) in [6.07, 6.45) is 1.45. The van der Waals surface area contributed by atoms with Crippen LogP contribution in [0, 0.1) is 13.8 Å². The van der Waals surface area contributed by atoms with E-state index in [2.05, 4.69) is 26.5 Å². The third-order valence-electron chi connectivity index (χ3n) is 2.99. The Labute approximate surface area is 143 Å². The molecule has 0 radical (unpaired) electrons. The first-order chi connectivity index (χ1) is 11.0. The summed E-state index contributed by atoms with van der Waals surface area (Å²) >= 11 is 3.43. The Balaban J connectivity index is 1.88. The van der Waals surface area contributed by atoms with Crippen LogP contribution in [0.3, 0.4) is 0 Å². The first kappa shape index (κ1) is 17.0. The number of nitrogens with one attached hydrogen (secondary N) is 1. The van der Waals surface area contributed by atoms with Crippen LogP contribution in [0.5, 0.6) is 11.5 Å². The number of hydrogen-bond acceptors (Lipinski definition) is 4. The van der Waals surface area contributed by atoms with Crippen LogP contribution >= 0.6 is 15.9 Å². The van der Waals surface area contributed by atoms with Crippen molar-refractivity contribution in [2.24, 2.45) is 5.10 Å². The van der Waals surface area contributed by atoms with Gasteiger partial charge in [0.25, 0.3) is 5.91 Å². The Bertz CT molecular complexity index is 721. The van der Waals surface area contributed by atoms with Crippen LogP contribution in [0.4, 0.5) is 0 Å². The highest BCUT2D eigenvalue weighted by atomic mass is 79.9. The minimum atomic E-state index is -0.367. The molecule has 0 aromatic heterocycles. The fraction of sp³-hybridized carbons (Fsp3) is 0.176. The van der Waals surface area contributed by atoms with Crippen molar-refractivity contribution in [1.29, 1.82) is 0 Å². The van der Waals surface area contributed by atoms with E-state index in [4.69, 9.17) is 4.74 Å². The van der Waals surface area contributed by atoms with E-state index in [0.717, 1.165) is 15.6 Å². The highest BCUT2D eigenvalue weighted by molar-refractivity contribution is 9.10. The molecule has 0 aliphatic rings. The molecule has 0 aliphatic carbocycles. The van der Waals surface area contributed by atoms with Gasteiger partial charge in [0.2, 0.25) is 0 Å². The second-order valence-electron chi connectivity index (χ2n) is 5.07. The number of benzene rings is 2. The third-order valence-corrected chi connectivity index (χ3v) is 3.58. The van der Waals surface area contributed by atoms with Gasteiger partial charge < -0.3 is 9.84 Å². The molecular formula is C17H17BrN2O3. The number of carbonyl (C=O) groups excluding carboxylic acids is 1. The molecule has 2 aromatic rings. The molecule has 0 fully saturated rings. The Morgan fingerprint density at radius 3 is 2.83 bits per heavy atom. The number of aryl methyl sites for hydroxylation is 2. The lowest BCUT2D eigenvalue weighted by molar-refractivity contribution is -0.123. The number of amides is 1. The average Bonchev–Trinajstić information content (AvgIpc) is 2.46. The Hall–Kier alpha value is -2.34. The summed E-state index contributed by atoms with van der Waals surface area (Å²) in [6.45, 7) is 3.77. The van der Waals surface area contributed by atoms with Gasteiger partial charge in [-0.1, -0.05) is 18.2 Å². The topological polar surface area (TPSA) is 70.9 Å². The fourth-order valence-corrected chi connectivity index (χ4v) is 2.83. The van der Waals surface area contributed by atoms with Crippen LogP contribution in [0.2, 0.25) is 0 Å². The summed E-state index contributed by atoms with van der Waals surface area (Å²) in [4.78, 5) is 11.7. The SMILES string of the molecule is Cc1cc(C)c(OCC(=O)NN=Cc2cccc(O)c2)c(Br)c1. The first-order valence-corrected chi connectivity index (χ1v) is 7.75. The van der Waals surface area contributed by atoms with Gasteiger partial charge in [-0.15, -0.1) is 0 Å². The van der Waals surface area contributed by atoms with Gasteiger partial charge in [0.1, 0.15) is 11.5 Å². The summed E-state index contributed by atoms with van der Waals surface area (Å²) in [5.74, 6) is 0.416. The summed E-state index contributed by atoms with van der Waals surface area (Å²) < 4.78 is 6.34. The smallest absolute Gasteiger partial charge is 0.277 e. The normalized spacial score (nSPS) is 10.7. The van der Waals surface area contributed by atoms with Crippen molar-refractivity contribution < 1.29 is 14.6 Å². The Morgan fingerprint density at radius 2 is 2.13 bits per heavy atom. The van der Waals surface area contributed by atoms with E-state index < -0.39 is 0 Å². The summed E-state index contributed by atoms with van der Waals surface area (Å²) in [7, 11) is 0. The number of phenols is 1. The number of hydrogen-bond donors (Lipinski definition) is 2. The van der Waals surface area contributed by atoms with Gasteiger partial charge in [-0.05, 0) is 64.7 Å². The molecule has 6 heteroatoms. The van der Waals surface area contributed by atoms with E-state index in [1.165, 1.54) is 6.21 Å². The van der Waals surface area contributed by atoms with E-state index in [1.54, 1.807) is 24.3 Å². The molecule has 23 heavy (non-hydrogen) atoms. The van der Waals surface area contributed by atoms with Gasteiger partial charge in [0.05, 0.1) is 10.7 Å². The third kappa shape index (κ3) is 5.10. The molecule has 120 valence electrons. The van der Waals surface area contributed by atoms with Crippen LogP contribution in [0.15, 0.2) is 46.0 Å². The number of halogens is 1. The molecule has 0 saturated carbocycles. The number of hydrazone groups is 1. The van der Waals surface area contributed by atoms with Crippen molar-refractivity contribution in [2.45, 2.75) is 13.8 Å². The Kier molecular flexibility index (Phi) is 5.76. The molecule has 0 spiro atoms. The number of nitrogens with zero attached hydrogens (tertiary/aromatic N) is 1. The molecule has 1 amide bonds. The predicted octanol–water partition coefficient (Wildman–Crippen LogP) is 3.30. The van der Waals surface area contributed by atoms with E-state index in [1.807, 2.05) is 26.0 Å². The second kappa shape index (κ2) is 7.78. The molecule has 0 atom stereocenters. The fourth-order valence-electron chi connectivity index (χ4n) is 2.04. The molecular weight excluding hydrogens is 360 g/mol. The number of aromatic hydroxyl groups is 1. The van der Waals surface area contributed by atoms with E-state index >= 15 is 0 Å². The minimum absolute atomic E-state index is 0.139. The average molecular weight is 377 g/mol. The zero-order valence-corrected chi connectivity index (χ0v) is 14.4. The largest absolute Gasteiger partial charge is 0.508 e. The van der Waals surface area contributed by atoms with E-state index in [0.29, 0.717) is 11.3 Å². The molecule has 0 bridgehead atoms. The number of carbonyl (C=O) groups is 1. The molecule has 2 aromatic carbocycles. The second-order valence-corrected chi connectivity index (χ2v) is 5.92. The van der Waals surface area contributed by atoms with Crippen molar-refractivity contribution in [1.82, 2.24) is 5.43 Å². The van der Waals surface area contributed by atoms with Gasteiger partial charge in [-0.3, -0.25) is 4.79 Å². The van der Waals surface area contributed by atoms with E-state index in [-0.39, 0.29) is 18.3 Å². The standard InChI is InChI=1S/C17H17BrN2O3/c1-11-6-12(2)17(15(18)7-11)23-10-16(22)20-19-9-13-4-3-5-14(21)8-13/h3-9,21H,10H2,1-2H3,(H,20,22). The zero-order valence-electron chi connectivity index (χ0n) is 12.8. The van der Waals surface area contributed by atoms with Crippen LogP contribution in [-0.4, -0.2) is 23.8 Å². The summed E-state index contributed by atoms with van der Waals surface area (Å²) in [5, 5.41) is 13.2. The summed E-state index contributed by atoms with van der Waals surface area (Å²) in [6, 6.07) is 10.5.